The Labute approximate surface area is 266 Å². The molecule has 1 aromatic carbocycles. The van der Waals surface area contributed by atoms with Crippen molar-refractivity contribution in [3.63, 3.8) is 0 Å². The van der Waals surface area contributed by atoms with Gasteiger partial charge in [0.1, 0.15) is 12.4 Å². The van der Waals surface area contributed by atoms with Crippen LogP contribution < -0.4 is 15.2 Å². The first kappa shape index (κ1) is 41.0. The topological polar surface area (TPSA) is 174 Å². The number of hydrogen-bond donors (Lipinski definition) is 2. The number of carbonyl (C=O) groups excluding carboxylic acids is 4. The maximum absolute atomic E-state index is 11.2. The highest BCUT2D eigenvalue weighted by molar-refractivity contribution is 5.94. The van der Waals surface area contributed by atoms with Gasteiger partial charge in [-0.3, -0.25) is 19.2 Å². The van der Waals surface area contributed by atoms with Crippen LogP contribution in [0.25, 0.3) is 0 Å². The molecule has 1 fully saturated rings. The predicted octanol–water partition coefficient (Wildman–Crippen LogP) is 5.04. The van der Waals surface area contributed by atoms with Gasteiger partial charge in [-0.2, -0.15) is 0 Å². The van der Waals surface area contributed by atoms with Gasteiger partial charge < -0.3 is 34.5 Å². The molecule has 252 valence electrons. The average molecular weight is 635 g/mol. The van der Waals surface area contributed by atoms with E-state index in [1.165, 1.54) is 32.7 Å². The number of nitrogens with zero attached hydrogens (tertiary/aromatic N) is 1. The highest BCUT2D eigenvalue weighted by Gasteiger charge is 2.18. The monoisotopic (exact) mass is 634 g/mol. The van der Waals surface area contributed by atoms with Gasteiger partial charge in [0.15, 0.2) is 17.2 Å². The molecule has 2 aromatic rings. The summed E-state index contributed by atoms with van der Waals surface area (Å²) in [6.45, 7) is 5.30. The molecule has 2 heterocycles. The number of methoxy groups -OCH3 is 2. The summed E-state index contributed by atoms with van der Waals surface area (Å²) in [6.07, 6.45) is 11.4. The minimum atomic E-state index is -0.762. The third-order valence-corrected chi connectivity index (χ3v) is 6.15. The number of benzene rings is 1. The Hall–Kier alpha value is -4.03. The molecule has 0 bridgehead atoms. The number of cyclic esters (lactones) is 1. The lowest BCUT2D eigenvalue weighted by Crippen LogP contribution is -2.23. The number of primary amides is 1. The zero-order chi connectivity index (χ0) is 33.9. The Balaban J connectivity index is 0.000000617. The summed E-state index contributed by atoms with van der Waals surface area (Å²) in [4.78, 5) is 46.7. The summed E-state index contributed by atoms with van der Waals surface area (Å²) in [7, 11) is 3.13. The molecule has 0 spiro atoms. The van der Waals surface area contributed by atoms with E-state index >= 15 is 0 Å². The van der Waals surface area contributed by atoms with E-state index in [0.29, 0.717) is 13.0 Å². The third kappa shape index (κ3) is 20.5. The second kappa shape index (κ2) is 26.4. The van der Waals surface area contributed by atoms with Gasteiger partial charge in [-0.05, 0) is 26.2 Å². The molecule has 2 unspecified atom stereocenters. The molecule has 1 saturated heterocycles. The molecule has 45 heavy (non-hydrogen) atoms. The molecule has 12 nitrogen and oxygen atoms in total. The maximum Gasteiger partial charge on any atom is 0.306 e. The normalized spacial score (nSPS) is 15.9. The SMILES string of the molecule is CCCCCO.COC1CCCCCC(=O)OC(C)C1.COc1ccnc(C(N)=O)c1OCOC(C)=O.O=Cc1ccccc1. The first-order chi connectivity index (χ1) is 21.6. The van der Waals surface area contributed by atoms with Crippen molar-refractivity contribution in [2.75, 3.05) is 27.6 Å². The van der Waals surface area contributed by atoms with Crippen LogP contribution in [0.15, 0.2) is 42.6 Å². The zero-order valence-corrected chi connectivity index (χ0v) is 27.2. The van der Waals surface area contributed by atoms with Gasteiger partial charge in [-0.1, -0.05) is 62.9 Å². The van der Waals surface area contributed by atoms with E-state index in [9.17, 15) is 19.2 Å². The van der Waals surface area contributed by atoms with E-state index in [1.807, 2.05) is 25.1 Å². The second-order valence-electron chi connectivity index (χ2n) is 9.91. The van der Waals surface area contributed by atoms with Gasteiger partial charge in [0, 0.05) is 51.3 Å². The van der Waals surface area contributed by atoms with E-state index < -0.39 is 11.9 Å². The van der Waals surface area contributed by atoms with Gasteiger partial charge in [0.2, 0.25) is 6.79 Å². The van der Waals surface area contributed by atoms with Crippen molar-refractivity contribution in [1.82, 2.24) is 4.98 Å². The number of aliphatic hydroxyl groups is 1. The van der Waals surface area contributed by atoms with Crippen molar-refractivity contribution in [3.8, 4) is 11.5 Å². The van der Waals surface area contributed by atoms with Crippen LogP contribution in [0, 0.1) is 0 Å². The lowest BCUT2D eigenvalue weighted by atomic mass is 10.0. The number of aliphatic hydroxyl groups excluding tert-OH is 1. The Morgan fingerprint density at radius 2 is 1.82 bits per heavy atom. The van der Waals surface area contributed by atoms with Crippen molar-refractivity contribution in [3.05, 3.63) is 53.9 Å². The largest absolute Gasteiger partial charge is 0.493 e. The fraction of sp³-hybridized carbons (Fsp3) is 0.545. The van der Waals surface area contributed by atoms with Crippen LogP contribution in [0.5, 0.6) is 11.5 Å². The van der Waals surface area contributed by atoms with Crippen LogP contribution in [0.1, 0.15) is 99.4 Å². The number of pyridine rings is 1. The molecular weight excluding hydrogens is 584 g/mol. The Morgan fingerprint density at radius 3 is 2.33 bits per heavy atom. The van der Waals surface area contributed by atoms with Gasteiger partial charge in [0.05, 0.1) is 13.2 Å². The number of esters is 2. The van der Waals surface area contributed by atoms with Gasteiger partial charge in [0.25, 0.3) is 5.91 Å². The summed E-state index contributed by atoms with van der Waals surface area (Å²) in [5.74, 6) is -1.01. The lowest BCUT2D eigenvalue weighted by molar-refractivity contribution is -0.150. The molecular formula is C33H50N2O10. The van der Waals surface area contributed by atoms with Crippen molar-refractivity contribution >= 4 is 24.1 Å². The molecule has 1 aliphatic heterocycles. The van der Waals surface area contributed by atoms with Gasteiger partial charge in [-0.25, -0.2) is 4.98 Å². The van der Waals surface area contributed by atoms with Crippen molar-refractivity contribution < 1.29 is 48.0 Å². The first-order valence-corrected chi connectivity index (χ1v) is 15.1. The molecule has 0 saturated carbocycles. The smallest absolute Gasteiger partial charge is 0.306 e. The molecule has 3 N–H and O–H groups in total. The first-order valence-electron chi connectivity index (χ1n) is 15.1. The maximum atomic E-state index is 11.2. The summed E-state index contributed by atoms with van der Waals surface area (Å²) in [5, 5.41) is 8.20. The van der Waals surface area contributed by atoms with Crippen molar-refractivity contribution in [2.24, 2.45) is 5.73 Å². The summed E-state index contributed by atoms with van der Waals surface area (Å²) < 4.78 is 25.2. The standard InChI is InChI=1S/C11H20O3.C10H12N2O5.C7H6O.C5H12O/c1-9-8-10(13-2)6-4-3-5-7-11(12)14-9;1-6(13)16-5-17-9-7(15-2)3-4-12-8(9)10(11)14;8-6-7-4-2-1-3-5-7;1-2-3-4-5-6/h9-10H,3-8H2,1-2H3;3-4H,5H2,1-2H3,(H2,11,14);1-6H;6H,2-5H2,1H3. The molecule has 0 aliphatic carbocycles. The van der Waals surface area contributed by atoms with Crippen molar-refractivity contribution in [1.29, 1.82) is 0 Å². The zero-order valence-electron chi connectivity index (χ0n) is 27.2. The Kier molecular flexibility index (Phi) is 24.0. The number of carbonyl (C=O) groups is 4. The van der Waals surface area contributed by atoms with E-state index in [0.717, 1.165) is 56.8 Å². The quantitative estimate of drug-likeness (QED) is 0.155. The molecule has 1 aliphatic rings. The number of aromatic nitrogens is 1. The van der Waals surface area contributed by atoms with Crippen LogP contribution >= 0.6 is 0 Å². The number of amides is 1. The Bertz CT molecular complexity index is 1090. The van der Waals surface area contributed by atoms with Crippen LogP contribution in [-0.2, 0) is 23.8 Å². The number of nitrogens with two attached hydrogens (primary N) is 1. The number of hydrogen-bond acceptors (Lipinski definition) is 11. The summed E-state index contributed by atoms with van der Waals surface area (Å²) in [5.41, 5.74) is 5.77. The highest BCUT2D eigenvalue weighted by Crippen LogP contribution is 2.29. The van der Waals surface area contributed by atoms with Crippen LogP contribution in [0.3, 0.4) is 0 Å². The fourth-order valence-corrected chi connectivity index (χ4v) is 3.82. The number of aldehydes is 1. The average Bonchev–Trinajstić information content (AvgIpc) is 3.04. The van der Waals surface area contributed by atoms with Crippen LogP contribution in [0.4, 0.5) is 0 Å². The summed E-state index contributed by atoms with van der Waals surface area (Å²) >= 11 is 0. The molecule has 1 aromatic heterocycles. The molecule has 3 rings (SSSR count). The Morgan fingerprint density at radius 1 is 1.11 bits per heavy atom. The number of ether oxygens (including phenoxy) is 5. The van der Waals surface area contributed by atoms with Crippen LogP contribution in [-0.4, -0.2) is 74.0 Å². The minimum absolute atomic E-state index is 0.00875. The van der Waals surface area contributed by atoms with E-state index in [2.05, 4.69) is 16.6 Å². The number of unbranched alkanes of at least 4 members (excludes halogenated alkanes) is 2. The highest BCUT2D eigenvalue weighted by atomic mass is 16.7. The minimum Gasteiger partial charge on any atom is -0.493 e. The van der Waals surface area contributed by atoms with Crippen molar-refractivity contribution in [2.45, 2.75) is 90.8 Å². The van der Waals surface area contributed by atoms with E-state index in [1.54, 1.807) is 19.2 Å². The molecule has 12 heteroatoms. The van der Waals surface area contributed by atoms with E-state index in [-0.39, 0.29) is 42.2 Å². The van der Waals surface area contributed by atoms with Gasteiger partial charge >= 0.3 is 11.9 Å². The third-order valence-electron chi connectivity index (χ3n) is 6.15. The predicted molar refractivity (Wildman–Crippen MR) is 169 cm³/mol. The second-order valence-corrected chi connectivity index (χ2v) is 9.91. The lowest BCUT2D eigenvalue weighted by Gasteiger charge is -2.21. The molecule has 2 atom stereocenters. The number of rotatable bonds is 10. The van der Waals surface area contributed by atoms with Crippen LogP contribution in [0.2, 0.25) is 0 Å². The van der Waals surface area contributed by atoms with Gasteiger partial charge in [-0.15, -0.1) is 0 Å². The fourth-order valence-electron chi connectivity index (χ4n) is 3.82. The molecule has 1 amide bonds. The van der Waals surface area contributed by atoms with E-state index in [4.69, 9.17) is 29.8 Å². The summed E-state index contributed by atoms with van der Waals surface area (Å²) in [6, 6.07) is 10.6. The molecule has 0 radical (unpaired) electrons.